The molecule has 1 amide bonds. The largest absolute Gasteiger partial charge is 0.461 e. The molecule has 1 aromatic rings. The summed E-state index contributed by atoms with van der Waals surface area (Å²) in [6, 6.07) is -1.41. The van der Waals surface area contributed by atoms with Crippen molar-refractivity contribution in [1.29, 1.82) is 0 Å². The number of tetrazole rings is 1. The number of ketones is 2. The smallest absolute Gasteiger partial charge is 0.329 e. The summed E-state index contributed by atoms with van der Waals surface area (Å²) in [5.74, 6) is -5.42. The number of hydrogen-bond acceptors (Lipinski definition) is 13. The summed E-state index contributed by atoms with van der Waals surface area (Å²) < 4.78 is 25.9. The molecule has 2 bridgehead atoms. The average Bonchev–Trinajstić information content (AvgIpc) is 3.85. The van der Waals surface area contributed by atoms with E-state index in [1.165, 1.54) is 18.3 Å². The Morgan fingerprint density at radius 2 is 1.61 bits per heavy atom. The molecule has 15 nitrogen and oxygen atoms in total. The fourth-order valence-electron chi connectivity index (χ4n) is 10.9. The standard InChI is InChI=1S/C52H81N5O10/c1-32-16-12-11-13-17-34(3)43(57-31-53-54-55-57)30-41-23-21-39(8)52(63,67-41)49(60)50(61)56-25-15-14-18-42(56)51(62)66-44(36(5)28-40-22-20-35(4)45(29-40)64-9)24-19-33(2)27-38(7)47(59)48(65-10)46(58)37(6)26-32/h11-13,16-17,27,31-33,35-37,39-45,47-48,59,63H,14-15,18-26,28-30H2,1-10H3/b13-11+,16-12+,34-17+,38-27+/t32-,33+,35-,36-,37?,39?,40?,41?,42?,43-,44+,45?,47?,48+,52?/m1/s1. The summed E-state index contributed by atoms with van der Waals surface area (Å²) in [7, 11) is 3.22. The first-order valence-electron chi connectivity index (χ1n) is 25.0. The Balaban J connectivity index is 1.47. The molecule has 4 aliphatic rings. The zero-order valence-corrected chi connectivity index (χ0v) is 41.9. The van der Waals surface area contributed by atoms with Crippen LogP contribution in [0.1, 0.15) is 145 Å². The average molecular weight is 936 g/mol. The topological polar surface area (TPSA) is 192 Å². The Morgan fingerprint density at radius 1 is 0.851 bits per heavy atom. The highest BCUT2D eigenvalue weighted by atomic mass is 16.6. The Kier molecular flexibility index (Phi) is 20.3. The fourth-order valence-corrected chi connectivity index (χ4v) is 10.9. The number of fused-ring (bicyclic) bond motifs is 3. The lowest BCUT2D eigenvalue weighted by molar-refractivity contribution is -0.264. The van der Waals surface area contributed by atoms with E-state index in [0.717, 1.165) is 31.3 Å². The van der Waals surface area contributed by atoms with Gasteiger partial charge in [0, 0.05) is 39.0 Å². The van der Waals surface area contributed by atoms with Crippen LogP contribution in [0.4, 0.5) is 0 Å². The van der Waals surface area contributed by atoms with E-state index < -0.39 is 65.9 Å². The first-order chi connectivity index (χ1) is 31.9. The van der Waals surface area contributed by atoms with Gasteiger partial charge in [-0.3, -0.25) is 14.4 Å². The minimum absolute atomic E-state index is 0.0310. The minimum atomic E-state index is -2.41. The van der Waals surface area contributed by atoms with Crippen molar-refractivity contribution in [3.8, 4) is 0 Å². The van der Waals surface area contributed by atoms with Crippen molar-refractivity contribution in [2.45, 2.75) is 187 Å². The van der Waals surface area contributed by atoms with E-state index in [9.17, 15) is 29.4 Å². The molecule has 8 unspecified atom stereocenters. The van der Waals surface area contributed by atoms with Crippen LogP contribution >= 0.6 is 0 Å². The van der Waals surface area contributed by atoms with Crippen LogP contribution < -0.4 is 0 Å². The maximum atomic E-state index is 14.5. The number of nitrogens with zero attached hydrogens (tertiary/aromatic N) is 5. The molecule has 1 aromatic heterocycles. The SMILES string of the molecule is COC1CC(C[C@@H](C)[C@@H]2CC[C@H](C)/C=C(\C)C(O)[C@@H](OC)C(=O)C(C)C[C@H](C)/C=C/C=C/C=C(\C)[C@H](n3cnnn3)CC3CCC(C)C(O)(O3)C(=O)C(=O)N3CCCCC3C(=O)O2)CC[C@H]1C. The number of amides is 1. The van der Waals surface area contributed by atoms with Crippen LogP contribution in [0.5, 0.6) is 0 Å². The number of ether oxygens (including phenoxy) is 4. The van der Waals surface area contributed by atoms with E-state index in [1.807, 2.05) is 71.1 Å². The summed E-state index contributed by atoms with van der Waals surface area (Å²) in [6.07, 6.45) is 18.4. The number of piperidine rings is 1. The minimum Gasteiger partial charge on any atom is -0.461 e. The number of aromatic nitrogens is 4. The number of aliphatic hydroxyl groups is 2. The van der Waals surface area contributed by atoms with Crippen molar-refractivity contribution in [3.63, 3.8) is 0 Å². The summed E-state index contributed by atoms with van der Waals surface area (Å²) >= 11 is 0. The maximum Gasteiger partial charge on any atom is 0.329 e. The summed E-state index contributed by atoms with van der Waals surface area (Å²) in [4.78, 5) is 58.3. The van der Waals surface area contributed by atoms with Crippen LogP contribution in [0.3, 0.4) is 0 Å². The van der Waals surface area contributed by atoms with Gasteiger partial charge in [-0.25, -0.2) is 9.48 Å². The van der Waals surface area contributed by atoms with E-state index in [4.69, 9.17) is 18.9 Å². The van der Waals surface area contributed by atoms with Crippen molar-refractivity contribution in [2.75, 3.05) is 20.8 Å². The monoisotopic (exact) mass is 936 g/mol. The molecular weight excluding hydrogens is 855 g/mol. The Morgan fingerprint density at radius 3 is 2.31 bits per heavy atom. The molecule has 15 heteroatoms. The molecule has 4 heterocycles. The number of rotatable bonds is 6. The lowest BCUT2D eigenvalue weighted by Crippen LogP contribution is -2.60. The van der Waals surface area contributed by atoms with E-state index >= 15 is 0 Å². The van der Waals surface area contributed by atoms with E-state index in [0.29, 0.717) is 75.2 Å². The van der Waals surface area contributed by atoms with Gasteiger partial charge in [0.2, 0.25) is 5.79 Å². The number of cyclic esters (lactones) is 1. The molecule has 5 rings (SSSR count). The number of aliphatic hydroxyl groups excluding tert-OH is 1. The zero-order chi connectivity index (χ0) is 49.0. The molecule has 2 N–H and O–H groups in total. The fraction of sp³-hybridized carbons (Fsp3) is 0.750. The number of hydrogen-bond donors (Lipinski definition) is 2. The number of methoxy groups -OCH3 is 2. The highest BCUT2D eigenvalue weighted by molar-refractivity contribution is 6.39. The van der Waals surface area contributed by atoms with Crippen LogP contribution in [0.25, 0.3) is 0 Å². The summed E-state index contributed by atoms with van der Waals surface area (Å²) in [5, 5.41) is 35.5. The van der Waals surface area contributed by atoms with Crippen LogP contribution in [-0.2, 0) is 38.1 Å². The van der Waals surface area contributed by atoms with Gasteiger partial charge in [0.15, 0.2) is 5.78 Å². The second-order valence-electron chi connectivity index (χ2n) is 20.7. The zero-order valence-electron chi connectivity index (χ0n) is 41.9. The summed E-state index contributed by atoms with van der Waals surface area (Å²) in [6.45, 7) is 15.9. The molecule has 1 saturated carbocycles. The quantitative estimate of drug-likeness (QED) is 0.162. The molecule has 15 atom stereocenters. The van der Waals surface area contributed by atoms with Gasteiger partial charge in [0.25, 0.3) is 11.7 Å². The number of esters is 1. The number of Topliss-reactive ketones (excluding diaryl/α,β-unsaturated/α-hetero) is 2. The Hall–Kier alpha value is -3.89. The lowest BCUT2D eigenvalue weighted by atomic mass is 9.76. The van der Waals surface area contributed by atoms with Crippen LogP contribution in [0, 0.1) is 41.4 Å². The van der Waals surface area contributed by atoms with Gasteiger partial charge in [-0.1, -0.05) is 78.0 Å². The van der Waals surface area contributed by atoms with Crippen molar-refractivity contribution in [1.82, 2.24) is 25.1 Å². The van der Waals surface area contributed by atoms with Gasteiger partial charge in [-0.15, -0.1) is 5.10 Å². The van der Waals surface area contributed by atoms with Crippen molar-refractivity contribution < 1.29 is 48.3 Å². The van der Waals surface area contributed by atoms with E-state index in [2.05, 4.69) is 29.4 Å². The third-order valence-electron chi connectivity index (χ3n) is 15.3. The van der Waals surface area contributed by atoms with Gasteiger partial charge >= 0.3 is 5.97 Å². The maximum absolute atomic E-state index is 14.5. The molecule has 1 aliphatic carbocycles. The number of carbonyl (C=O) groups is 4. The van der Waals surface area contributed by atoms with Gasteiger partial charge < -0.3 is 34.1 Å². The summed E-state index contributed by atoms with van der Waals surface area (Å²) in [5.41, 5.74) is 1.51. The molecule has 3 aliphatic heterocycles. The second kappa shape index (κ2) is 25.1. The van der Waals surface area contributed by atoms with E-state index in [1.54, 1.807) is 18.7 Å². The van der Waals surface area contributed by atoms with Gasteiger partial charge in [-0.2, -0.15) is 0 Å². The first kappa shape index (κ1) is 54.1. The first-order valence-corrected chi connectivity index (χ1v) is 25.0. The number of allylic oxidation sites excluding steroid dienone is 7. The third kappa shape index (κ3) is 14.1. The van der Waals surface area contributed by atoms with Gasteiger partial charge in [0.1, 0.15) is 30.7 Å². The van der Waals surface area contributed by atoms with Crippen LogP contribution in [0.2, 0.25) is 0 Å². The van der Waals surface area contributed by atoms with Crippen LogP contribution in [0.15, 0.2) is 53.9 Å². The predicted octanol–water partition coefficient (Wildman–Crippen LogP) is 7.49. The molecular formula is C52H81N5O10. The van der Waals surface area contributed by atoms with Crippen molar-refractivity contribution >= 4 is 23.4 Å². The van der Waals surface area contributed by atoms with Gasteiger partial charge in [-0.05, 0) is 142 Å². The van der Waals surface area contributed by atoms with Crippen LogP contribution in [-0.4, -0.2) is 122 Å². The Bertz CT molecular complexity index is 1920. The third-order valence-corrected chi connectivity index (χ3v) is 15.3. The highest BCUT2D eigenvalue weighted by Crippen LogP contribution is 2.39. The van der Waals surface area contributed by atoms with Crippen molar-refractivity contribution in [2.24, 2.45) is 41.4 Å². The number of carbonyl (C=O) groups excluding carboxylic acids is 4. The molecule has 3 fully saturated rings. The van der Waals surface area contributed by atoms with Gasteiger partial charge in [0.05, 0.1) is 18.2 Å². The molecule has 0 spiro atoms. The van der Waals surface area contributed by atoms with Crippen molar-refractivity contribution in [3.05, 3.63) is 53.9 Å². The predicted molar refractivity (Wildman–Crippen MR) is 254 cm³/mol. The Labute approximate surface area is 399 Å². The second-order valence-corrected chi connectivity index (χ2v) is 20.7. The molecule has 374 valence electrons. The molecule has 67 heavy (non-hydrogen) atoms. The molecule has 0 radical (unpaired) electrons. The van der Waals surface area contributed by atoms with E-state index in [-0.39, 0.29) is 42.1 Å². The lowest BCUT2D eigenvalue weighted by Gasteiger charge is -2.43. The normalized spacial score (nSPS) is 39.5. The highest BCUT2D eigenvalue weighted by Gasteiger charge is 2.53. The molecule has 2 saturated heterocycles. The molecule has 0 aromatic carbocycles.